The average Bonchev–Trinajstić information content (AvgIpc) is 2.70. The van der Waals surface area contributed by atoms with Gasteiger partial charge in [-0.1, -0.05) is 0 Å². The van der Waals surface area contributed by atoms with Crippen LogP contribution in [0.25, 0.3) is 11.7 Å². The lowest BCUT2D eigenvalue weighted by Gasteiger charge is -1.97. The van der Waals surface area contributed by atoms with E-state index >= 15 is 0 Å². The van der Waals surface area contributed by atoms with Gasteiger partial charge >= 0.3 is 0 Å². The van der Waals surface area contributed by atoms with Crippen LogP contribution < -0.4 is 0 Å². The molecule has 0 unspecified atom stereocenters. The zero-order valence-electron chi connectivity index (χ0n) is 6.64. The minimum atomic E-state index is -0.0290. The molecule has 0 atom stereocenters. The van der Waals surface area contributed by atoms with Crippen molar-refractivity contribution in [3.05, 3.63) is 35.8 Å². The Hall–Kier alpha value is -1.97. The lowest BCUT2D eigenvalue weighted by atomic mass is 10.3. The summed E-state index contributed by atoms with van der Waals surface area (Å²) in [4.78, 5) is 15.4. The molecule has 0 fully saturated rings. The van der Waals surface area contributed by atoms with E-state index in [1.165, 1.54) is 6.08 Å². The van der Waals surface area contributed by atoms with Crippen molar-refractivity contribution in [3.63, 3.8) is 0 Å². The van der Waals surface area contributed by atoms with Crippen LogP contribution in [0.4, 0.5) is 0 Å². The highest BCUT2D eigenvalue weighted by atomic mass is 16.1. The van der Waals surface area contributed by atoms with Gasteiger partial charge in [0, 0.05) is 17.8 Å². The zero-order valence-corrected chi connectivity index (χ0v) is 6.64. The Morgan fingerprint density at radius 3 is 3.15 bits per heavy atom. The fourth-order valence-corrected chi connectivity index (χ4v) is 1.43. The van der Waals surface area contributed by atoms with Gasteiger partial charge in [0.25, 0.3) is 0 Å². The SMILES string of the molecule is O=C1C=Cc2cn3nccc3nc21. The summed E-state index contributed by atoms with van der Waals surface area (Å²) in [5.41, 5.74) is 2.06. The summed E-state index contributed by atoms with van der Waals surface area (Å²) in [7, 11) is 0. The molecular weight excluding hydrogens is 166 g/mol. The van der Waals surface area contributed by atoms with Crippen LogP contribution in [-0.2, 0) is 0 Å². The summed E-state index contributed by atoms with van der Waals surface area (Å²) in [5.74, 6) is -0.0290. The maximum atomic E-state index is 11.3. The highest BCUT2D eigenvalue weighted by molar-refractivity contribution is 6.12. The highest BCUT2D eigenvalue weighted by Crippen LogP contribution is 2.17. The molecule has 3 rings (SSSR count). The topological polar surface area (TPSA) is 47.3 Å². The molecule has 2 heterocycles. The van der Waals surface area contributed by atoms with E-state index in [-0.39, 0.29) is 5.78 Å². The van der Waals surface area contributed by atoms with Gasteiger partial charge in [0.1, 0.15) is 5.69 Å². The van der Waals surface area contributed by atoms with Crippen molar-refractivity contribution < 1.29 is 4.79 Å². The van der Waals surface area contributed by atoms with Gasteiger partial charge in [0.05, 0.1) is 6.20 Å². The van der Waals surface area contributed by atoms with Crippen LogP contribution in [0, 0.1) is 0 Å². The Bertz CT molecular complexity index is 539. The van der Waals surface area contributed by atoms with E-state index < -0.39 is 0 Å². The number of rotatable bonds is 0. The number of carbonyl (C=O) groups excluding carboxylic acids is 1. The molecule has 0 saturated heterocycles. The Balaban J connectivity index is 2.44. The van der Waals surface area contributed by atoms with Crippen LogP contribution in [0.3, 0.4) is 0 Å². The van der Waals surface area contributed by atoms with Crippen LogP contribution >= 0.6 is 0 Å². The van der Waals surface area contributed by atoms with Gasteiger partial charge in [-0.25, -0.2) is 9.50 Å². The number of carbonyl (C=O) groups is 1. The van der Waals surface area contributed by atoms with Crippen molar-refractivity contribution in [2.24, 2.45) is 0 Å². The Kier molecular flexibility index (Phi) is 1.02. The number of ketones is 1. The summed E-state index contributed by atoms with van der Waals surface area (Å²) in [5, 5.41) is 4.03. The van der Waals surface area contributed by atoms with Crippen LogP contribution in [0.2, 0.25) is 0 Å². The number of fused-ring (bicyclic) bond motifs is 2. The molecule has 1 aliphatic rings. The summed E-state index contributed by atoms with van der Waals surface area (Å²) in [6.45, 7) is 0. The molecule has 0 radical (unpaired) electrons. The fourth-order valence-electron chi connectivity index (χ4n) is 1.43. The first-order valence-corrected chi connectivity index (χ1v) is 3.91. The second-order valence-electron chi connectivity index (χ2n) is 2.88. The molecular formula is C9H5N3O. The molecule has 2 aromatic heterocycles. The molecule has 0 N–H and O–H groups in total. The van der Waals surface area contributed by atoms with Gasteiger partial charge in [0.2, 0.25) is 5.78 Å². The van der Waals surface area contributed by atoms with Crippen molar-refractivity contribution >= 4 is 17.5 Å². The second kappa shape index (κ2) is 2.04. The van der Waals surface area contributed by atoms with E-state index in [9.17, 15) is 4.79 Å². The third-order valence-electron chi connectivity index (χ3n) is 2.06. The molecule has 4 nitrogen and oxygen atoms in total. The zero-order chi connectivity index (χ0) is 8.84. The number of hydrogen-bond donors (Lipinski definition) is 0. The largest absolute Gasteiger partial charge is 0.288 e. The Labute approximate surface area is 73.5 Å². The number of hydrogen-bond acceptors (Lipinski definition) is 3. The third kappa shape index (κ3) is 0.767. The molecule has 0 aromatic carbocycles. The van der Waals surface area contributed by atoms with E-state index in [1.807, 2.05) is 0 Å². The van der Waals surface area contributed by atoms with Gasteiger partial charge in [-0.3, -0.25) is 4.79 Å². The van der Waals surface area contributed by atoms with Gasteiger partial charge in [-0.05, 0) is 12.2 Å². The Morgan fingerprint density at radius 1 is 1.31 bits per heavy atom. The average molecular weight is 171 g/mol. The molecule has 0 saturated carbocycles. The first-order valence-electron chi connectivity index (χ1n) is 3.91. The maximum Gasteiger partial charge on any atom is 0.204 e. The summed E-state index contributed by atoms with van der Waals surface area (Å²) in [6.07, 6.45) is 6.74. The molecule has 0 aliphatic heterocycles. The predicted octanol–water partition coefficient (Wildman–Crippen LogP) is 0.939. The number of allylic oxidation sites excluding steroid dienone is 1. The van der Waals surface area contributed by atoms with Crippen LogP contribution in [0.1, 0.15) is 16.1 Å². The predicted molar refractivity (Wildman–Crippen MR) is 46.4 cm³/mol. The molecule has 1 aliphatic carbocycles. The van der Waals surface area contributed by atoms with Crippen LogP contribution in [0.15, 0.2) is 24.5 Å². The van der Waals surface area contributed by atoms with E-state index in [0.29, 0.717) is 11.3 Å². The van der Waals surface area contributed by atoms with Gasteiger partial charge in [0.15, 0.2) is 5.65 Å². The van der Waals surface area contributed by atoms with Gasteiger partial charge < -0.3 is 0 Å². The maximum absolute atomic E-state index is 11.3. The lowest BCUT2D eigenvalue weighted by Crippen LogP contribution is -2.00. The molecule has 13 heavy (non-hydrogen) atoms. The van der Waals surface area contributed by atoms with E-state index in [2.05, 4.69) is 10.1 Å². The highest BCUT2D eigenvalue weighted by Gasteiger charge is 2.16. The molecule has 62 valence electrons. The van der Waals surface area contributed by atoms with Crippen LogP contribution in [0.5, 0.6) is 0 Å². The molecule has 4 heteroatoms. The van der Waals surface area contributed by atoms with Crippen LogP contribution in [-0.4, -0.2) is 20.4 Å². The standard InChI is InChI=1S/C9H5N3O/c13-7-2-1-6-5-12-8(3-4-10-12)11-9(6)7/h1-5H. The van der Waals surface area contributed by atoms with Gasteiger partial charge in [-0.2, -0.15) is 5.10 Å². The normalized spacial score (nSPS) is 14.0. The van der Waals surface area contributed by atoms with Crippen molar-refractivity contribution in [3.8, 4) is 0 Å². The van der Waals surface area contributed by atoms with Gasteiger partial charge in [-0.15, -0.1) is 0 Å². The van der Waals surface area contributed by atoms with E-state index in [1.54, 1.807) is 29.1 Å². The summed E-state index contributed by atoms with van der Waals surface area (Å²) in [6, 6.07) is 1.77. The Morgan fingerprint density at radius 2 is 2.23 bits per heavy atom. The minimum Gasteiger partial charge on any atom is -0.288 e. The van der Waals surface area contributed by atoms with Crippen molar-refractivity contribution in [2.45, 2.75) is 0 Å². The fraction of sp³-hybridized carbons (Fsp3) is 0. The lowest BCUT2D eigenvalue weighted by molar-refractivity contribution is 0.104. The quantitative estimate of drug-likeness (QED) is 0.592. The first kappa shape index (κ1) is 6.54. The first-order chi connectivity index (χ1) is 6.34. The van der Waals surface area contributed by atoms with Crippen molar-refractivity contribution in [1.82, 2.24) is 14.6 Å². The monoisotopic (exact) mass is 171 g/mol. The second-order valence-corrected chi connectivity index (χ2v) is 2.88. The van der Waals surface area contributed by atoms with E-state index in [0.717, 1.165) is 5.56 Å². The minimum absolute atomic E-state index is 0.0290. The molecule has 0 spiro atoms. The summed E-state index contributed by atoms with van der Waals surface area (Å²) < 4.78 is 1.65. The molecule has 2 aromatic rings. The van der Waals surface area contributed by atoms with Crippen molar-refractivity contribution in [2.75, 3.05) is 0 Å². The van der Waals surface area contributed by atoms with Crippen molar-refractivity contribution in [1.29, 1.82) is 0 Å². The smallest absolute Gasteiger partial charge is 0.204 e. The third-order valence-corrected chi connectivity index (χ3v) is 2.06. The molecule has 0 bridgehead atoms. The van der Waals surface area contributed by atoms with E-state index in [4.69, 9.17) is 0 Å². The number of aromatic nitrogens is 3. The number of nitrogens with zero attached hydrogens (tertiary/aromatic N) is 3. The summed E-state index contributed by atoms with van der Waals surface area (Å²) >= 11 is 0. The molecule has 0 amide bonds.